The third-order valence-electron chi connectivity index (χ3n) is 3.60. The molecule has 3 nitrogen and oxygen atoms in total. The summed E-state index contributed by atoms with van der Waals surface area (Å²) in [7, 11) is 0. The number of anilines is 1. The molecule has 3 rings (SSSR count). The van der Waals surface area contributed by atoms with Crippen molar-refractivity contribution in [3.05, 3.63) is 29.3 Å². The van der Waals surface area contributed by atoms with Gasteiger partial charge in [-0.25, -0.2) is 0 Å². The average Bonchev–Trinajstić information content (AvgIpc) is 2.77. The topological polar surface area (TPSA) is 41.1 Å². The normalized spacial score (nSPS) is 26.5. The highest BCUT2D eigenvalue weighted by atomic mass is 19.4. The van der Waals surface area contributed by atoms with Gasteiger partial charge < -0.3 is 10.6 Å². The second kappa shape index (κ2) is 3.71. The summed E-state index contributed by atoms with van der Waals surface area (Å²) in [5.74, 6) is -0.744. The average molecular weight is 256 g/mol. The van der Waals surface area contributed by atoms with Crippen LogP contribution in [0.1, 0.15) is 17.0 Å². The van der Waals surface area contributed by atoms with Gasteiger partial charge in [-0.2, -0.15) is 13.2 Å². The molecule has 1 aromatic carbocycles. The number of hydrogen-bond donors (Lipinski definition) is 2. The summed E-state index contributed by atoms with van der Waals surface area (Å²) < 4.78 is 38.6. The monoisotopic (exact) mass is 256 g/mol. The molecule has 1 aromatic rings. The van der Waals surface area contributed by atoms with E-state index in [1.165, 1.54) is 6.07 Å². The quantitative estimate of drug-likeness (QED) is 0.745. The Balaban J connectivity index is 2.15. The van der Waals surface area contributed by atoms with Crippen molar-refractivity contribution in [3.63, 3.8) is 0 Å². The van der Waals surface area contributed by atoms with Crippen LogP contribution in [0.3, 0.4) is 0 Å². The Kier molecular flexibility index (Phi) is 2.38. The van der Waals surface area contributed by atoms with Crippen LogP contribution in [0.25, 0.3) is 0 Å². The molecule has 1 amide bonds. The maximum absolute atomic E-state index is 12.9. The molecule has 2 N–H and O–H groups in total. The van der Waals surface area contributed by atoms with Gasteiger partial charge in [-0.15, -0.1) is 0 Å². The lowest BCUT2D eigenvalue weighted by Gasteiger charge is -2.29. The zero-order valence-electron chi connectivity index (χ0n) is 9.34. The van der Waals surface area contributed by atoms with Crippen LogP contribution in [-0.2, 0) is 11.0 Å². The summed E-state index contributed by atoms with van der Waals surface area (Å²) >= 11 is 0. The predicted octanol–water partition coefficient (Wildman–Crippen LogP) is 1.96. The first kappa shape index (κ1) is 11.5. The number of nitrogens with one attached hydrogen (secondary N) is 2. The van der Waals surface area contributed by atoms with Gasteiger partial charge in [0, 0.05) is 19.0 Å². The van der Waals surface area contributed by atoms with Gasteiger partial charge in [0.1, 0.15) is 0 Å². The number of benzene rings is 1. The van der Waals surface area contributed by atoms with E-state index < -0.39 is 11.7 Å². The lowest BCUT2D eigenvalue weighted by atomic mass is 9.83. The highest BCUT2D eigenvalue weighted by Gasteiger charge is 2.43. The van der Waals surface area contributed by atoms with Crippen LogP contribution in [0.15, 0.2) is 18.2 Å². The summed E-state index contributed by atoms with van der Waals surface area (Å²) in [6.45, 7) is 1.07. The Morgan fingerprint density at radius 1 is 1.17 bits per heavy atom. The molecular weight excluding hydrogens is 245 g/mol. The van der Waals surface area contributed by atoms with Crippen LogP contribution in [0, 0.1) is 5.92 Å². The van der Waals surface area contributed by atoms with Crippen LogP contribution in [0.5, 0.6) is 0 Å². The minimum absolute atomic E-state index is 0.0695. The van der Waals surface area contributed by atoms with Crippen molar-refractivity contribution in [1.82, 2.24) is 5.32 Å². The molecular formula is C12H11F3N2O. The van der Waals surface area contributed by atoms with E-state index in [4.69, 9.17) is 0 Å². The Hall–Kier alpha value is -1.56. The van der Waals surface area contributed by atoms with E-state index in [0.717, 1.165) is 6.07 Å². The molecule has 0 aliphatic carbocycles. The third kappa shape index (κ3) is 1.59. The van der Waals surface area contributed by atoms with Crippen LogP contribution < -0.4 is 10.6 Å². The van der Waals surface area contributed by atoms with Crippen molar-refractivity contribution >= 4 is 11.6 Å². The lowest BCUT2D eigenvalue weighted by Crippen LogP contribution is -2.34. The van der Waals surface area contributed by atoms with Crippen LogP contribution in [0.4, 0.5) is 18.9 Å². The minimum Gasteiger partial charge on any atom is -0.325 e. The minimum atomic E-state index is -4.45. The maximum atomic E-state index is 12.9. The summed E-state index contributed by atoms with van der Waals surface area (Å²) in [4.78, 5) is 11.8. The van der Waals surface area contributed by atoms with E-state index in [-0.39, 0.29) is 23.4 Å². The molecule has 2 aliphatic heterocycles. The molecule has 96 valence electrons. The zero-order valence-corrected chi connectivity index (χ0v) is 9.34. The molecule has 2 atom stereocenters. The van der Waals surface area contributed by atoms with Crippen molar-refractivity contribution in [2.75, 3.05) is 18.4 Å². The number of fused-ring (bicyclic) bond motifs is 3. The molecule has 0 aromatic heterocycles. The van der Waals surface area contributed by atoms with E-state index in [2.05, 4.69) is 10.6 Å². The number of para-hydroxylation sites is 1. The SMILES string of the molecule is O=C1Nc2c(cccc2C(F)(F)F)[C@H]2CNCC12. The highest BCUT2D eigenvalue weighted by Crippen LogP contribution is 2.44. The first-order valence-electron chi connectivity index (χ1n) is 5.70. The zero-order chi connectivity index (χ0) is 12.9. The molecule has 1 saturated heterocycles. The number of rotatable bonds is 0. The summed E-state index contributed by atoms with van der Waals surface area (Å²) in [5.41, 5.74) is -0.252. The Labute approximate surface area is 101 Å². The molecule has 1 fully saturated rings. The fourth-order valence-corrected chi connectivity index (χ4v) is 2.75. The molecule has 0 saturated carbocycles. The number of alkyl halides is 3. The van der Waals surface area contributed by atoms with Gasteiger partial charge in [0.05, 0.1) is 17.2 Å². The van der Waals surface area contributed by atoms with Crippen LogP contribution in [0.2, 0.25) is 0 Å². The summed E-state index contributed by atoms with van der Waals surface area (Å²) in [6.07, 6.45) is -4.45. The van der Waals surface area contributed by atoms with Crippen molar-refractivity contribution < 1.29 is 18.0 Å². The Bertz CT molecular complexity index is 513. The van der Waals surface area contributed by atoms with E-state index in [9.17, 15) is 18.0 Å². The number of amides is 1. The van der Waals surface area contributed by atoms with Gasteiger partial charge in [0.25, 0.3) is 0 Å². The number of hydrogen-bond acceptors (Lipinski definition) is 2. The molecule has 18 heavy (non-hydrogen) atoms. The van der Waals surface area contributed by atoms with Gasteiger partial charge in [0.15, 0.2) is 0 Å². The van der Waals surface area contributed by atoms with Crippen LogP contribution in [-0.4, -0.2) is 19.0 Å². The van der Waals surface area contributed by atoms with E-state index in [0.29, 0.717) is 18.7 Å². The molecule has 0 spiro atoms. The fraction of sp³-hybridized carbons (Fsp3) is 0.417. The second-order valence-corrected chi connectivity index (χ2v) is 4.63. The van der Waals surface area contributed by atoms with Crippen molar-refractivity contribution in [2.45, 2.75) is 12.1 Å². The lowest BCUT2D eigenvalue weighted by molar-refractivity contribution is -0.137. The summed E-state index contributed by atoms with van der Waals surface area (Å²) in [5, 5.41) is 5.46. The molecule has 2 aliphatic rings. The van der Waals surface area contributed by atoms with Gasteiger partial charge in [-0.05, 0) is 11.6 Å². The Morgan fingerprint density at radius 3 is 2.61 bits per heavy atom. The summed E-state index contributed by atoms with van der Waals surface area (Å²) in [6, 6.07) is 4.06. The molecule has 0 bridgehead atoms. The molecule has 2 heterocycles. The maximum Gasteiger partial charge on any atom is 0.418 e. The van der Waals surface area contributed by atoms with Crippen molar-refractivity contribution in [3.8, 4) is 0 Å². The molecule has 6 heteroatoms. The third-order valence-corrected chi connectivity index (χ3v) is 3.60. The highest BCUT2D eigenvalue weighted by molar-refractivity contribution is 5.98. The van der Waals surface area contributed by atoms with Gasteiger partial charge in [0.2, 0.25) is 5.91 Å². The Morgan fingerprint density at radius 2 is 1.89 bits per heavy atom. The molecule has 0 radical (unpaired) electrons. The van der Waals surface area contributed by atoms with Crippen molar-refractivity contribution in [2.24, 2.45) is 5.92 Å². The number of carbonyl (C=O) groups is 1. The second-order valence-electron chi connectivity index (χ2n) is 4.63. The predicted molar refractivity (Wildman–Crippen MR) is 59.2 cm³/mol. The number of halogens is 3. The standard InChI is InChI=1S/C12H11F3N2O/c13-12(14,15)9-3-1-2-6-7-4-16-5-8(7)11(18)17-10(6)9/h1-3,7-8,16H,4-5H2,(H,17,18)/t7-,8?/m1/s1. The fourth-order valence-electron chi connectivity index (χ4n) is 2.75. The first-order chi connectivity index (χ1) is 8.48. The van der Waals surface area contributed by atoms with Crippen LogP contribution >= 0.6 is 0 Å². The van der Waals surface area contributed by atoms with Gasteiger partial charge in [-0.3, -0.25) is 4.79 Å². The first-order valence-corrected chi connectivity index (χ1v) is 5.70. The van der Waals surface area contributed by atoms with Gasteiger partial charge >= 0.3 is 6.18 Å². The van der Waals surface area contributed by atoms with E-state index in [1.54, 1.807) is 6.07 Å². The van der Waals surface area contributed by atoms with E-state index >= 15 is 0 Å². The largest absolute Gasteiger partial charge is 0.418 e. The van der Waals surface area contributed by atoms with E-state index in [1.807, 2.05) is 0 Å². The smallest absolute Gasteiger partial charge is 0.325 e. The van der Waals surface area contributed by atoms with Crippen molar-refractivity contribution in [1.29, 1.82) is 0 Å². The molecule has 1 unspecified atom stereocenters. The van der Waals surface area contributed by atoms with Gasteiger partial charge in [-0.1, -0.05) is 12.1 Å². The number of carbonyl (C=O) groups excluding carboxylic acids is 1.